The molecule has 0 spiro atoms. The van der Waals surface area contributed by atoms with Crippen LogP contribution in [0.15, 0.2) is 33.7 Å². The lowest BCUT2D eigenvalue weighted by Gasteiger charge is -2.20. The molecule has 1 aromatic rings. The van der Waals surface area contributed by atoms with E-state index in [-0.39, 0.29) is 6.10 Å². The Bertz CT molecular complexity index is 790. The third kappa shape index (κ3) is 4.74. The molecule has 11 heteroatoms. The van der Waals surface area contributed by atoms with Crippen LogP contribution in [0.3, 0.4) is 0 Å². The maximum atomic E-state index is 14.8. The first-order valence-corrected chi connectivity index (χ1v) is 9.44. The van der Waals surface area contributed by atoms with Crippen molar-refractivity contribution in [1.29, 1.82) is 0 Å². The number of hydrogen-bond acceptors (Lipinski definition) is 6. The summed E-state index contributed by atoms with van der Waals surface area (Å²) in [4.78, 5) is 34.4. The number of nitrogens with zero attached hydrogens (tertiary/aromatic N) is 1. The fourth-order valence-electron chi connectivity index (χ4n) is 2.39. The summed E-state index contributed by atoms with van der Waals surface area (Å²) in [6, 6.07) is 1.05. The third-order valence-corrected chi connectivity index (χ3v) is 4.52. The van der Waals surface area contributed by atoms with Crippen molar-refractivity contribution in [2.24, 2.45) is 0 Å². The van der Waals surface area contributed by atoms with E-state index >= 15 is 0 Å². The maximum absolute atomic E-state index is 14.8. The van der Waals surface area contributed by atoms with Crippen LogP contribution in [0.1, 0.15) is 20.1 Å². The van der Waals surface area contributed by atoms with Gasteiger partial charge in [-0.2, -0.15) is 0 Å². The zero-order valence-electron chi connectivity index (χ0n) is 13.6. The second kappa shape index (κ2) is 7.76. The standard InChI is InChI=1S/C14H20FN2O7P/c1-8(2)23-12-9(4-6-25(21,22)7-18)24-13(11(12)15)17-5-3-10(19)16-14(17)20/h3-6,8-9,11-13,18H,7H2,1-2H3,(H,21,22)(H,16,19,20)/b6-4+/t9-,11-,12-,13-/m1/s1. The average Bonchev–Trinajstić information content (AvgIpc) is 2.82. The molecule has 2 heterocycles. The van der Waals surface area contributed by atoms with Gasteiger partial charge in [-0.25, -0.2) is 9.18 Å². The molecule has 2 rings (SSSR count). The molecule has 1 aliphatic rings. The fraction of sp³-hybridized carbons (Fsp3) is 0.571. The predicted molar refractivity (Wildman–Crippen MR) is 86.2 cm³/mol. The fourth-order valence-corrected chi connectivity index (χ4v) is 2.92. The van der Waals surface area contributed by atoms with Gasteiger partial charge in [-0.3, -0.25) is 18.9 Å². The summed E-state index contributed by atoms with van der Waals surface area (Å²) in [5.74, 6) is 0.846. The summed E-state index contributed by atoms with van der Waals surface area (Å²) in [5, 5.41) is 8.83. The SMILES string of the molecule is CC(C)O[C@H]1[C@@H](F)[C@H](n2ccc(=O)[nH]c2=O)O[C@@H]1/C=C/P(=O)(O)CO. The van der Waals surface area contributed by atoms with Crippen LogP contribution >= 0.6 is 7.37 Å². The minimum Gasteiger partial charge on any atom is -0.386 e. The van der Waals surface area contributed by atoms with Crippen LogP contribution in [0.2, 0.25) is 0 Å². The van der Waals surface area contributed by atoms with Gasteiger partial charge in [0.25, 0.3) is 5.56 Å². The van der Waals surface area contributed by atoms with Crippen LogP contribution in [0.25, 0.3) is 0 Å². The lowest BCUT2D eigenvalue weighted by atomic mass is 10.1. The number of aromatic nitrogens is 2. The Morgan fingerprint density at radius 2 is 2.20 bits per heavy atom. The molecule has 1 saturated heterocycles. The van der Waals surface area contributed by atoms with Crippen LogP contribution in [-0.2, 0) is 14.0 Å². The number of ether oxygens (including phenoxy) is 2. The van der Waals surface area contributed by atoms with Crippen LogP contribution in [-0.4, -0.2) is 50.4 Å². The quantitative estimate of drug-likeness (QED) is 0.607. The van der Waals surface area contributed by atoms with E-state index in [1.165, 1.54) is 0 Å². The molecule has 0 bridgehead atoms. The first-order valence-electron chi connectivity index (χ1n) is 7.53. The highest BCUT2D eigenvalue weighted by Gasteiger charge is 2.46. The minimum absolute atomic E-state index is 0.368. The van der Waals surface area contributed by atoms with Gasteiger partial charge in [-0.15, -0.1) is 0 Å². The van der Waals surface area contributed by atoms with Crippen molar-refractivity contribution < 1.29 is 28.4 Å². The van der Waals surface area contributed by atoms with E-state index in [9.17, 15) is 23.4 Å². The van der Waals surface area contributed by atoms with E-state index < -0.39 is 49.6 Å². The van der Waals surface area contributed by atoms with Gasteiger partial charge < -0.3 is 19.5 Å². The van der Waals surface area contributed by atoms with Gasteiger partial charge in [0, 0.05) is 18.1 Å². The number of hydrogen-bond donors (Lipinski definition) is 3. The zero-order chi connectivity index (χ0) is 18.8. The summed E-state index contributed by atoms with van der Waals surface area (Å²) in [7, 11) is -3.91. The Morgan fingerprint density at radius 1 is 1.52 bits per heavy atom. The van der Waals surface area contributed by atoms with Crippen molar-refractivity contribution in [3.05, 3.63) is 45.0 Å². The van der Waals surface area contributed by atoms with Gasteiger partial charge in [0.1, 0.15) is 18.6 Å². The van der Waals surface area contributed by atoms with E-state index in [0.717, 1.165) is 28.7 Å². The molecular weight excluding hydrogens is 358 g/mol. The van der Waals surface area contributed by atoms with Crippen molar-refractivity contribution in [3.8, 4) is 0 Å². The Morgan fingerprint density at radius 3 is 2.76 bits per heavy atom. The summed E-state index contributed by atoms with van der Waals surface area (Å²) in [5.41, 5.74) is -1.48. The number of aromatic amines is 1. The summed E-state index contributed by atoms with van der Waals surface area (Å²) in [6.07, 6.45) is -4.45. The molecule has 3 N–H and O–H groups in total. The Labute approximate surface area is 142 Å². The highest BCUT2D eigenvalue weighted by Crippen LogP contribution is 2.42. The average molecular weight is 378 g/mol. The van der Waals surface area contributed by atoms with Crippen molar-refractivity contribution >= 4 is 7.37 Å². The zero-order valence-corrected chi connectivity index (χ0v) is 14.5. The van der Waals surface area contributed by atoms with Gasteiger partial charge in [0.05, 0.1) is 6.10 Å². The first-order chi connectivity index (χ1) is 11.6. The number of aliphatic hydroxyl groups excluding tert-OH is 1. The van der Waals surface area contributed by atoms with Gasteiger partial charge in [0.2, 0.25) is 7.37 Å². The summed E-state index contributed by atoms with van der Waals surface area (Å²) >= 11 is 0. The van der Waals surface area contributed by atoms with E-state index in [1.54, 1.807) is 13.8 Å². The first kappa shape index (κ1) is 19.7. The Hall–Kier alpha value is -1.58. The number of H-pyrrole nitrogens is 1. The van der Waals surface area contributed by atoms with E-state index in [0.29, 0.717) is 0 Å². The molecule has 1 unspecified atom stereocenters. The highest BCUT2D eigenvalue weighted by molar-refractivity contribution is 7.61. The number of nitrogens with one attached hydrogen (secondary N) is 1. The lowest BCUT2D eigenvalue weighted by molar-refractivity contribution is -0.0395. The van der Waals surface area contributed by atoms with Crippen LogP contribution in [0.4, 0.5) is 4.39 Å². The Kier molecular flexibility index (Phi) is 6.12. The molecular formula is C14H20FN2O7P. The van der Waals surface area contributed by atoms with Crippen molar-refractivity contribution in [1.82, 2.24) is 9.55 Å². The molecule has 9 nitrogen and oxygen atoms in total. The number of rotatable bonds is 6. The highest BCUT2D eigenvalue weighted by atomic mass is 31.2. The Balaban J connectivity index is 2.34. The molecule has 0 saturated carbocycles. The molecule has 5 atom stereocenters. The van der Waals surface area contributed by atoms with Crippen molar-refractivity contribution in [2.75, 3.05) is 6.35 Å². The van der Waals surface area contributed by atoms with Gasteiger partial charge in [-0.05, 0) is 19.9 Å². The molecule has 1 fully saturated rings. The largest absolute Gasteiger partial charge is 0.386 e. The second-order valence-electron chi connectivity index (χ2n) is 5.84. The lowest BCUT2D eigenvalue weighted by Crippen LogP contribution is -2.37. The van der Waals surface area contributed by atoms with E-state index in [1.807, 2.05) is 4.98 Å². The van der Waals surface area contributed by atoms with Crippen molar-refractivity contribution in [2.45, 2.75) is 44.6 Å². The molecule has 0 aromatic carbocycles. The predicted octanol–water partition coefficient (Wildman–Crippen LogP) is 0.300. The normalized spacial score (nSPS) is 29.4. The number of aliphatic hydroxyl groups is 1. The van der Waals surface area contributed by atoms with Crippen LogP contribution in [0.5, 0.6) is 0 Å². The summed E-state index contributed by atoms with van der Waals surface area (Å²) < 4.78 is 38.2. The number of alkyl halides is 1. The minimum atomic E-state index is -3.91. The second-order valence-corrected chi connectivity index (χ2v) is 7.93. The maximum Gasteiger partial charge on any atom is 0.330 e. The molecule has 25 heavy (non-hydrogen) atoms. The van der Waals surface area contributed by atoms with Gasteiger partial charge >= 0.3 is 5.69 Å². The third-order valence-electron chi connectivity index (χ3n) is 3.47. The molecule has 0 radical (unpaired) electrons. The summed E-state index contributed by atoms with van der Waals surface area (Å²) in [6.45, 7) is 3.36. The smallest absolute Gasteiger partial charge is 0.330 e. The molecule has 1 aromatic heterocycles. The molecule has 140 valence electrons. The van der Waals surface area contributed by atoms with Gasteiger partial charge in [0.15, 0.2) is 12.4 Å². The molecule has 0 amide bonds. The van der Waals surface area contributed by atoms with Crippen molar-refractivity contribution in [3.63, 3.8) is 0 Å². The number of halogens is 1. The van der Waals surface area contributed by atoms with Crippen LogP contribution in [0, 0.1) is 0 Å². The molecule has 1 aliphatic heterocycles. The van der Waals surface area contributed by atoms with Gasteiger partial charge in [-0.1, -0.05) is 0 Å². The van der Waals surface area contributed by atoms with Crippen LogP contribution < -0.4 is 11.2 Å². The molecule has 0 aliphatic carbocycles. The topological polar surface area (TPSA) is 131 Å². The van der Waals surface area contributed by atoms with E-state index in [4.69, 9.17) is 14.6 Å². The monoisotopic (exact) mass is 378 g/mol. The van der Waals surface area contributed by atoms with E-state index in [2.05, 4.69) is 0 Å².